The van der Waals surface area contributed by atoms with E-state index in [0.717, 1.165) is 5.56 Å². The van der Waals surface area contributed by atoms with Crippen molar-refractivity contribution < 1.29 is 12.9 Å². The first-order valence-electron chi connectivity index (χ1n) is 5.14. The predicted octanol–water partition coefficient (Wildman–Crippen LogP) is 1.25. The second-order valence-corrected chi connectivity index (χ2v) is 6.07. The lowest BCUT2D eigenvalue weighted by Gasteiger charge is -2.02. The Labute approximate surface area is 98.1 Å². The molecule has 1 aromatic heterocycles. The molecular formula is C11H10N2O3S. The Morgan fingerprint density at radius 1 is 1.35 bits per heavy atom. The minimum Gasteiger partial charge on any atom is -0.367 e. The molecule has 2 aromatic rings. The van der Waals surface area contributed by atoms with Gasteiger partial charge in [0.15, 0.2) is 9.84 Å². The summed E-state index contributed by atoms with van der Waals surface area (Å²) in [5.74, 6) is 0.380. The standard InChI is InChI=1S/C11H10N2O3S/c12-11-9(6-13-16-11)8-2-1-7-3-4-17(14,15)10(7)5-8/h1-2,5-6H,3-4,12H2. The molecule has 0 spiro atoms. The van der Waals surface area contributed by atoms with E-state index in [0.29, 0.717) is 22.4 Å². The first kappa shape index (κ1) is 10.3. The molecule has 0 aliphatic carbocycles. The highest BCUT2D eigenvalue weighted by molar-refractivity contribution is 7.91. The van der Waals surface area contributed by atoms with Crippen LogP contribution in [0.3, 0.4) is 0 Å². The number of anilines is 1. The molecule has 3 rings (SSSR count). The summed E-state index contributed by atoms with van der Waals surface area (Å²) in [6.45, 7) is 0. The lowest BCUT2D eigenvalue weighted by Crippen LogP contribution is -1.98. The molecule has 2 N–H and O–H groups in total. The number of benzene rings is 1. The molecule has 0 saturated heterocycles. The lowest BCUT2D eigenvalue weighted by molar-refractivity contribution is 0.436. The molecule has 0 atom stereocenters. The van der Waals surface area contributed by atoms with E-state index in [-0.39, 0.29) is 11.6 Å². The second kappa shape index (κ2) is 3.33. The van der Waals surface area contributed by atoms with Crippen molar-refractivity contribution in [2.75, 3.05) is 11.5 Å². The fraction of sp³-hybridized carbons (Fsp3) is 0.182. The van der Waals surface area contributed by atoms with E-state index >= 15 is 0 Å². The molecule has 0 radical (unpaired) electrons. The van der Waals surface area contributed by atoms with Gasteiger partial charge in [0.1, 0.15) is 0 Å². The third-order valence-electron chi connectivity index (χ3n) is 2.95. The van der Waals surface area contributed by atoms with Gasteiger partial charge in [-0.15, -0.1) is 0 Å². The Morgan fingerprint density at radius 3 is 2.88 bits per heavy atom. The van der Waals surface area contributed by atoms with Gasteiger partial charge in [0.05, 0.1) is 22.4 Å². The molecule has 17 heavy (non-hydrogen) atoms. The van der Waals surface area contributed by atoms with Crippen LogP contribution in [0.5, 0.6) is 0 Å². The molecule has 0 unspecified atom stereocenters. The number of aromatic nitrogens is 1. The number of sulfone groups is 1. The van der Waals surface area contributed by atoms with Crippen molar-refractivity contribution in [3.63, 3.8) is 0 Å². The van der Waals surface area contributed by atoms with Gasteiger partial charge in [0.25, 0.3) is 0 Å². The number of rotatable bonds is 1. The molecule has 1 aliphatic heterocycles. The van der Waals surface area contributed by atoms with Crippen LogP contribution in [0.15, 0.2) is 33.8 Å². The van der Waals surface area contributed by atoms with Gasteiger partial charge < -0.3 is 10.3 Å². The molecule has 0 bridgehead atoms. The molecule has 1 aromatic carbocycles. The number of aryl methyl sites for hydroxylation is 1. The monoisotopic (exact) mass is 250 g/mol. The van der Waals surface area contributed by atoms with Crippen molar-refractivity contribution in [2.45, 2.75) is 11.3 Å². The number of nitrogens with zero attached hydrogens (tertiary/aromatic N) is 1. The fourth-order valence-electron chi connectivity index (χ4n) is 2.04. The highest BCUT2D eigenvalue weighted by Gasteiger charge is 2.26. The van der Waals surface area contributed by atoms with Gasteiger partial charge >= 0.3 is 0 Å². The quantitative estimate of drug-likeness (QED) is 0.823. The van der Waals surface area contributed by atoms with E-state index in [2.05, 4.69) is 5.16 Å². The highest BCUT2D eigenvalue weighted by atomic mass is 32.2. The van der Waals surface area contributed by atoms with Gasteiger partial charge in [-0.25, -0.2) is 8.42 Å². The van der Waals surface area contributed by atoms with Gasteiger partial charge in [0, 0.05) is 0 Å². The van der Waals surface area contributed by atoms with Crippen molar-refractivity contribution in [1.29, 1.82) is 0 Å². The van der Waals surface area contributed by atoms with E-state index < -0.39 is 9.84 Å². The van der Waals surface area contributed by atoms with E-state index in [1.165, 1.54) is 6.20 Å². The summed E-state index contributed by atoms with van der Waals surface area (Å²) in [4.78, 5) is 0.399. The van der Waals surface area contributed by atoms with Crippen LogP contribution in [0.4, 0.5) is 5.88 Å². The van der Waals surface area contributed by atoms with Crippen molar-refractivity contribution in [3.05, 3.63) is 30.0 Å². The number of hydrogen-bond donors (Lipinski definition) is 1. The summed E-state index contributed by atoms with van der Waals surface area (Å²) in [5.41, 5.74) is 7.81. The maximum absolute atomic E-state index is 11.8. The van der Waals surface area contributed by atoms with Gasteiger partial charge in [-0.3, -0.25) is 0 Å². The second-order valence-electron chi connectivity index (χ2n) is 4.00. The van der Waals surface area contributed by atoms with Crippen LogP contribution in [0.1, 0.15) is 5.56 Å². The average Bonchev–Trinajstić information content (AvgIpc) is 2.84. The summed E-state index contributed by atoms with van der Waals surface area (Å²) < 4.78 is 28.3. The molecule has 0 saturated carbocycles. The molecule has 6 heteroatoms. The van der Waals surface area contributed by atoms with E-state index in [1.807, 2.05) is 12.1 Å². The number of nitrogens with two attached hydrogens (primary N) is 1. The Kier molecular flexibility index (Phi) is 2.03. The van der Waals surface area contributed by atoms with Gasteiger partial charge in [-0.2, -0.15) is 0 Å². The predicted molar refractivity (Wildman–Crippen MR) is 62.1 cm³/mol. The number of nitrogen functional groups attached to an aromatic ring is 1. The third kappa shape index (κ3) is 1.52. The van der Waals surface area contributed by atoms with Crippen LogP contribution in [-0.4, -0.2) is 19.3 Å². The third-order valence-corrected chi connectivity index (χ3v) is 4.74. The lowest BCUT2D eigenvalue weighted by atomic mass is 10.1. The topological polar surface area (TPSA) is 86.2 Å². The van der Waals surface area contributed by atoms with Gasteiger partial charge in [-0.1, -0.05) is 17.3 Å². The van der Waals surface area contributed by atoms with Crippen LogP contribution in [0.25, 0.3) is 11.1 Å². The Morgan fingerprint density at radius 2 is 2.18 bits per heavy atom. The van der Waals surface area contributed by atoms with Crippen molar-refractivity contribution in [3.8, 4) is 11.1 Å². The Bertz CT molecular complexity index is 688. The van der Waals surface area contributed by atoms with Crippen LogP contribution >= 0.6 is 0 Å². The largest absolute Gasteiger partial charge is 0.367 e. The zero-order valence-electron chi connectivity index (χ0n) is 8.88. The summed E-state index contributed by atoms with van der Waals surface area (Å²) >= 11 is 0. The summed E-state index contributed by atoms with van der Waals surface area (Å²) in [7, 11) is -3.12. The fourth-order valence-corrected chi connectivity index (χ4v) is 3.62. The first-order chi connectivity index (χ1) is 8.08. The molecule has 5 nitrogen and oxygen atoms in total. The van der Waals surface area contributed by atoms with E-state index in [1.54, 1.807) is 6.07 Å². The number of fused-ring (bicyclic) bond motifs is 1. The van der Waals surface area contributed by atoms with Crippen molar-refractivity contribution in [1.82, 2.24) is 5.16 Å². The Balaban J connectivity index is 2.21. The highest BCUT2D eigenvalue weighted by Crippen LogP contribution is 2.32. The van der Waals surface area contributed by atoms with Crippen LogP contribution in [0, 0.1) is 0 Å². The van der Waals surface area contributed by atoms with Crippen molar-refractivity contribution in [2.24, 2.45) is 0 Å². The zero-order chi connectivity index (χ0) is 12.0. The molecule has 0 amide bonds. The SMILES string of the molecule is Nc1oncc1-c1ccc2c(c1)S(=O)(=O)CC2. The van der Waals surface area contributed by atoms with Crippen molar-refractivity contribution >= 4 is 15.7 Å². The maximum Gasteiger partial charge on any atom is 0.229 e. The molecule has 0 fully saturated rings. The minimum atomic E-state index is -3.12. The molecule has 88 valence electrons. The average molecular weight is 250 g/mol. The van der Waals surface area contributed by atoms with Gasteiger partial charge in [-0.05, 0) is 23.6 Å². The summed E-state index contributed by atoms with van der Waals surface area (Å²) in [5, 5.41) is 3.58. The summed E-state index contributed by atoms with van der Waals surface area (Å²) in [6, 6.07) is 5.30. The molecular weight excluding hydrogens is 240 g/mol. The van der Waals surface area contributed by atoms with Crippen LogP contribution in [-0.2, 0) is 16.3 Å². The molecule has 1 aliphatic rings. The molecule has 2 heterocycles. The minimum absolute atomic E-state index is 0.185. The smallest absolute Gasteiger partial charge is 0.229 e. The Hall–Kier alpha value is -1.82. The van der Waals surface area contributed by atoms with E-state index in [4.69, 9.17) is 10.3 Å². The zero-order valence-corrected chi connectivity index (χ0v) is 9.70. The van der Waals surface area contributed by atoms with E-state index in [9.17, 15) is 8.42 Å². The summed E-state index contributed by atoms with van der Waals surface area (Å²) in [6.07, 6.45) is 2.07. The number of hydrogen-bond acceptors (Lipinski definition) is 5. The maximum atomic E-state index is 11.8. The first-order valence-corrected chi connectivity index (χ1v) is 6.79. The van der Waals surface area contributed by atoms with Crippen LogP contribution < -0.4 is 5.73 Å². The van der Waals surface area contributed by atoms with Gasteiger partial charge in [0.2, 0.25) is 5.88 Å². The van der Waals surface area contributed by atoms with Crippen LogP contribution in [0.2, 0.25) is 0 Å². The normalized spacial score (nSPS) is 16.9.